The first kappa shape index (κ1) is 18.8. The normalized spacial score (nSPS) is 12.8. The lowest BCUT2D eigenvalue weighted by Gasteiger charge is -2.14. The highest BCUT2D eigenvalue weighted by molar-refractivity contribution is 5.99. The maximum Gasteiger partial charge on any atom is 0.422 e. The maximum absolute atomic E-state index is 12.5. The Morgan fingerprint density at radius 2 is 2.00 bits per heavy atom. The molecule has 0 saturated carbocycles. The first-order valence-corrected chi connectivity index (χ1v) is 8.19. The molecule has 0 bridgehead atoms. The van der Waals surface area contributed by atoms with E-state index in [0.29, 0.717) is 11.3 Å². The molecule has 1 amide bonds. The smallest absolute Gasteiger partial charge is 0.422 e. The lowest BCUT2D eigenvalue weighted by Crippen LogP contribution is -2.27. The lowest BCUT2D eigenvalue weighted by atomic mass is 10.1. The predicted molar refractivity (Wildman–Crippen MR) is 92.6 cm³/mol. The number of nitrogens with one attached hydrogen (secondary N) is 1. The van der Waals surface area contributed by atoms with Gasteiger partial charge in [-0.15, -0.1) is 0 Å². The first-order valence-electron chi connectivity index (χ1n) is 8.19. The van der Waals surface area contributed by atoms with Gasteiger partial charge >= 0.3 is 6.18 Å². The zero-order valence-electron chi connectivity index (χ0n) is 14.6. The van der Waals surface area contributed by atoms with E-state index in [1.807, 2.05) is 18.2 Å². The number of hydrogen-bond acceptors (Lipinski definition) is 4. The van der Waals surface area contributed by atoms with Crippen molar-refractivity contribution in [2.24, 2.45) is 0 Å². The van der Waals surface area contributed by atoms with E-state index >= 15 is 0 Å². The molecule has 27 heavy (non-hydrogen) atoms. The van der Waals surface area contributed by atoms with Gasteiger partial charge < -0.3 is 14.5 Å². The number of aromatic nitrogens is 1. The van der Waals surface area contributed by atoms with Crippen LogP contribution in [0.2, 0.25) is 0 Å². The van der Waals surface area contributed by atoms with Crippen molar-refractivity contribution >= 4 is 16.9 Å². The number of amides is 1. The highest BCUT2D eigenvalue weighted by Crippen LogP contribution is 2.25. The molecular weight excluding hydrogens is 361 g/mol. The van der Waals surface area contributed by atoms with Crippen molar-refractivity contribution in [1.82, 2.24) is 10.3 Å². The van der Waals surface area contributed by atoms with Crippen molar-refractivity contribution in [2.75, 3.05) is 6.61 Å². The molecule has 3 aromatic rings. The molecule has 0 aliphatic carbocycles. The van der Waals surface area contributed by atoms with Crippen molar-refractivity contribution in [1.29, 1.82) is 0 Å². The van der Waals surface area contributed by atoms with Crippen LogP contribution in [0.5, 0.6) is 5.75 Å². The highest BCUT2D eigenvalue weighted by atomic mass is 19.4. The number of furan rings is 1. The third kappa shape index (κ3) is 4.39. The van der Waals surface area contributed by atoms with Gasteiger partial charge in [-0.2, -0.15) is 13.2 Å². The summed E-state index contributed by atoms with van der Waals surface area (Å²) in [5.41, 5.74) is 1.84. The molecule has 1 aromatic carbocycles. The molecule has 1 atom stereocenters. The van der Waals surface area contributed by atoms with Crippen molar-refractivity contribution in [3.63, 3.8) is 0 Å². The zero-order valence-corrected chi connectivity index (χ0v) is 14.6. The van der Waals surface area contributed by atoms with Gasteiger partial charge in [0.2, 0.25) is 0 Å². The summed E-state index contributed by atoms with van der Waals surface area (Å²) >= 11 is 0. The monoisotopic (exact) mass is 378 g/mol. The molecule has 1 N–H and O–H groups in total. The van der Waals surface area contributed by atoms with Gasteiger partial charge in [0, 0.05) is 10.9 Å². The Morgan fingerprint density at radius 3 is 2.63 bits per heavy atom. The van der Waals surface area contributed by atoms with Crippen LogP contribution in [-0.2, 0) is 0 Å². The van der Waals surface area contributed by atoms with E-state index in [2.05, 4.69) is 15.0 Å². The number of fused-ring (bicyclic) bond motifs is 1. The van der Waals surface area contributed by atoms with Gasteiger partial charge in [-0.25, -0.2) is 0 Å². The van der Waals surface area contributed by atoms with E-state index in [-0.39, 0.29) is 11.5 Å². The number of pyridine rings is 1. The predicted octanol–water partition coefficient (Wildman–Crippen LogP) is 4.57. The molecule has 0 aliphatic rings. The second kappa shape index (κ2) is 7.30. The summed E-state index contributed by atoms with van der Waals surface area (Å²) in [5.74, 6) is -0.175. The Hall–Kier alpha value is -3.03. The summed E-state index contributed by atoms with van der Waals surface area (Å²) in [6, 6.07) is 9.75. The summed E-state index contributed by atoms with van der Waals surface area (Å²) in [4.78, 5) is 16.6. The van der Waals surface area contributed by atoms with Crippen LogP contribution in [0.25, 0.3) is 11.0 Å². The fraction of sp³-hybridized carbons (Fsp3) is 0.263. The number of benzene rings is 1. The number of para-hydroxylation sites is 1. The summed E-state index contributed by atoms with van der Waals surface area (Å²) < 4.78 is 46.7. The number of halogens is 3. The molecule has 0 saturated heterocycles. The van der Waals surface area contributed by atoms with Crippen molar-refractivity contribution in [2.45, 2.75) is 26.1 Å². The number of ether oxygens (including phenoxy) is 1. The number of rotatable bonds is 5. The van der Waals surface area contributed by atoms with Gasteiger partial charge in [-0.3, -0.25) is 9.78 Å². The van der Waals surface area contributed by atoms with E-state index in [4.69, 9.17) is 4.42 Å². The number of nitrogens with zero attached hydrogens (tertiary/aromatic N) is 1. The maximum atomic E-state index is 12.5. The molecular formula is C19H17F3N2O3. The van der Waals surface area contributed by atoms with E-state index in [1.54, 1.807) is 19.9 Å². The third-order valence-electron chi connectivity index (χ3n) is 4.00. The van der Waals surface area contributed by atoms with Crippen LogP contribution in [0.3, 0.4) is 0 Å². The van der Waals surface area contributed by atoms with Crippen LogP contribution < -0.4 is 10.1 Å². The quantitative estimate of drug-likeness (QED) is 0.706. The number of carbonyl (C=O) groups is 1. The molecule has 142 valence electrons. The van der Waals surface area contributed by atoms with E-state index in [9.17, 15) is 18.0 Å². The summed E-state index contributed by atoms with van der Waals surface area (Å²) in [5, 5.41) is 3.63. The standard InChI is InChI=1S/C19H17F3N2O3/c1-11-14-5-3-4-6-16(14)27-17(11)18(25)24-12(2)15-8-7-13(9-23-15)26-10-19(20,21)22/h3-9,12H,10H2,1-2H3,(H,24,25). The summed E-state index contributed by atoms with van der Waals surface area (Å²) in [6.45, 7) is 2.14. The Morgan fingerprint density at radius 1 is 1.26 bits per heavy atom. The van der Waals surface area contributed by atoms with Crippen LogP contribution in [0.4, 0.5) is 13.2 Å². The highest BCUT2D eigenvalue weighted by Gasteiger charge is 2.28. The zero-order chi connectivity index (χ0) is 19.6. The molecule has 2 heterocycles. The molecule has 5 nitrogen and oxygen atoms in total. The van der Waals surface area contributed by atoms with Crippen LogP contribution >= 0.6 is 0 Å². The average Bonchev–Trinajstić information content (AvgIpc) is 2.97. The Balaban J connectivity index is 1.68. The molecule has 0 aliphatic heterocycles. The summed E-state index contributed by atoms with van der Waals surface area (Å²) in [7, 11) is 0. The SMILES string of the molecule is Cc1c(C(=O)NC(C)c2ccc(OCC(F)(F)F)cn2)oc2ccccc12. The third-order valence-corrected chi connectivity index (χ3v) is 4.00. The topological polar surface area (TPSA) is 64.4 Å². The minimum absolute atomic E-state index is 0.00253. The van der Waals surface area contributed by atoms with Gasteiger partial charge in [0.15, 0.2) is 12.4 Å². The van der Waals surface area contributed by atoms with E-state index in [0.717, 1.165) is 10.9 Å². The summed E-state index contributed by atoms with van der Waals surface area (Å²) in [6.07, 6.45) is -3.22. The molecule has 3 rings (SSSR count). The Labute approximate surface area is 153 Å². The fourth-order valence-corrected chi connectivity index (χ4v) is 2.63. The van der Waals surface area contributed by atoms with E-state index < -0.39 is 24.7 Å². The van der Waals surface area contributed by atoms with Crippen LogP contribution in [0.15, 0.2) is 47.0 Å². The van der Waals surface area contributed by atoms with Crippen LogP contribution in [-0.4, -0.2) is 23.7 Å². The van der Waals surface area contributed by atoms with Gasteiger partial charge in [0.05, 0.1) is 17.9 Å². The number of aryl methyl sites for hydroxylation is 1. The van der Waals surface area contributed by atoms with Crippen molar-refractivity contribution in [3.8, 4) is 5.75 Å². The van der Waals surface area contributed by atoms with Gasteiger partial charge in [0.25, 0.3) is 5.91 Å². The largest absolute Gasteiger partial charge is 0.483 e. The van der Waals surface area contributed by atoms with Gasteiger partial charge in [0.1, 0.15) is 11.3 Å². The Bertz CT molecular complexity index is 949. The minimum atomic E-state index is -4.41. The van der Waals surface area contributed by atoms with Crippen molar-refractivity contribution < 1.29 is 27.1 Å². The van der Waals surface area contributed by atoms with Gasteiger partial charge in [-0.05, 0) is 32.0 Å². The number of alkyl halides is 3. The van der Waals surface area contributed by atoms with Gasteiger partial charge in [-0.1, -0.05) is 18.2 Å². The molecule has 0 fully saturated rings. The minimum Gasteiger partial charge on any atom is -0.483 e. The lowest BCUT2D eigenvalue weighted by molar-refractivity contribution is -0.153. The molecule has 2 aromatic heterocycles. The van der Waals surface area contributed by atoms with Crippen LogP contribution in [0.1, 0.15) is 34.8 Å². The Kier molecular flexibility index (Phi) is 5.07. The number of hydrogen-bond donors (Lipinski definition) is 1. The number of carbonyl (C=O) groups excluding carboxylic acids is 1. The fourth-order valence-electron chi connectivity index (χ4n) is 2.63. The molecule has 0 radical (unpaired) electrons. The van der Waals surface area contributed by atoms with Crippen LogP contribution in [0, 0.1) is 6.92 Å². The average molecular weight is 378 g/mol. The first-order chi connectivity index (χ1) is 12.7. The molecule has 1 unspecified atom stereocenters. The second-order valence-corrected chi connectivity index (χ2v) is 6.07. The molecule has 8 heteroatoms. The van der Waals surface area contributed by atoms with Crippen molar-refractivity contribution in [3.05, 3.63) is 59.6 Å². The van der Waals surface area contributed by atoms with E-state index in [1.165, 1.54) is 18.3 Å². The molecule has 0 spiro atoms. The second-order valence-electron chi connectivity index (χ2n) is 6.07.